The van der Waals surface area contributed by atoms with E-state index in [4.69, 9.17) is 4.74 Å². The van der Waals surface area contributed by atoms with Gasteiger partial charge in [0.2, 0.25) is 10.0 Å². The Kier molecular flexibility index (Phi) is 2.91. The standard InChI is InChI=1S/C13H18N4O4S/c1-2-17-8-13-7-16(12(18)10-3-4-14-15-10)6-9(21-13)5-11(13)22(17,19)20/h3-4,9,11H,2,5-8H2,1H3,(H,14,15)/t9-,11+,13+/m1/s1. The third-order valence-electron chi connectivity index (χ3n) is 4.88. The zero-order chi connectivity index (χ0) is 15.5. The summed E-state index contributed by atoms with van der Waals surface area (Å²) in [6.45, 7) is 3.32. The summed E-state index contributed by atoms with van der Waals surface area (Å²) in [7, 11) is -3.33. The van der Waals surface area contributed by atoms with Crippen LogP contribution in [0.3, 0.4) is 0 Å². The Labute approximate surface area is 128 Å². The lowest BCUT2D eigenvalue weighted by molar-refractivity contribution is -0.0975. The first-order chi connectivity index (χ1) is 10.5. The zero-order valence-corrected chi connectivity index (χ0v) is 13.0. The number of aromatic nitrogens is 2. The first kappa shape index (κ1) is 14.2. The molecule has 0 radical (unpaired) electrons. The molecule has 3 atom stereocenters. The van der Waals surface area contributed by atoms with E-state index in [1.807, 2.05) is 6.92 Å². The summed E-state index contributed by atoms with van der Waals surface area (Å²) >= 11 is 0. The number of likely N-dealkylation sites (N-methyl/N-ethyl adjacent to an activating group) is 1. The van der Waals surface area contributed by atoms with Crippen LogP contribution >= 0.6 is 0 Å². The average molecular weight is 326 g/mol. The number of rotatable bonds is 2. The van der Waals surface area contributed by atoms with E-state index < -0.39 is 20.9 Å². The number of amides is 1. The van der Waals surface area contributed by atoms with Gasteiger partial charge in [0.1, 0.15) is 16.5 Å². The molecule has 3 fully saturated rings. The molecule has 1 aromatic heterocycles. The van der Waals surface area contributed by atoms with E-state index in [-0.39, 0.29) is 12.0 Å². The molecule has 8 nitrogen and oxygen atoms in total. The molecule has 4 rings (SSSR count). The number of fused-ring (bicyclic) bond motifs is 1. The van der Waals surface area contributed by atoms with Crippen molar-refractivity contribution in [3.63, 3.8) is 0 Å². The summed E-state index contributed by atoms with van der Waals surface area (Å²) in [5.41, 5.74) is -0.365. The van der Waals surface area contributed by atoms with Crippen molar-refractivity contribution in [3.05, 3.63) is 18.0 Å². The van der Waals surface area contributed by atoms with Crippen molar-refractivity contribution in [1.82, 2.24) is 19.4 Å². The fourth-order valence-corrected chi connectivity index (χ4v) is 6.26. The van der Waals surface area contributed by atoms with Crippen molar-refractivity contribution in [1.29, 1.82) is 0 Å². The monoisotopic (exact) mass is 326 g/mol. The molecule has 1 amide bonds. The number of carbonyl (C=O) groups excluding carboxylic acids is 1. The number of likely N-dealkylation sites (tertiary alicyclic amines) is 1. The van der Waals surface area contributed by atoms with E-state index >= 15 is 0 Å². The molecule has 3 saturated heterocycles. The highest BCUT2D eigenvalue weighted by molar-refractivity contribution is 7.90. The topological polar surface area (TPSA) is 95.6 Å². The SMILES string of the molecule is CCN1C[C@@]23CN(C(=O)c4ccn[nH]4)C[C@@H](C[C@@H]2S1(=O)=O)O3. The van der Waals surface area contributed by atoms with Gasteiger partial charge >= 0.3 is 0 Å². The number of ether oxygens (including phenoxy) is 1. The van der Waals surface area contributed by atoms with Gasteiger partial charge in [-0.25, -0.2) is 8.42 Å². The third kappa shape index (κ3) is 1.79. The highest BCUT2D eigenvalue weighted by atomic mass is 32.2. The van der Waals surface area contributed by atoms with Crippen LogP contribution in [0.1, 0.15) is 23.8 Å². The number of carbonyl (C=O) groups is 1. The number of hydrogen-bond donors (Lipinski definition) is 1. The van der Waals surface area contributed by atoms with Crippen molar-refractivity contribution >= 4 is 15.9 Å². The highest BCUT2D eigenvalue weighted by Gasteiger charge is 2.65. The second kappa shape index (κ2) is 4.53. The molecule has 9 heteroatoms. The number of sulfonamides is 1. The molecule has 3 aliphatic heterocycles. The smallest absolute Gasteiger partial charge is 0.272 e. The van der Waals surface area contributed by atoms with E-state index in [1.54, 1.807) is 11.0 Å². The Balaban J connectivity index is 1.65. The fourth-order valence-electron chi connectivity index (χ4n) is 3.94. The van der Waals surface area contributed by atoms with Gasteiger partial charge in [-0.2, -0.15) is 9.40 Å². The predicted octanol–water partition coefficient (Wildman–Crippen LogP) is -0.573. The van der Waals surface area contributed by atoms with Gasteiger partial charge in [0.25, 0.3) is 5.91 Å². The van der Waals surface area contributed by atoms with Gasteiger partial charge in [-0.1, -0.05) is 6.92 Å². The number of morpholine rings is 1. The summed E-state index contributed by atoms with van der Waals surface area (Å²) < 4.78 is 32.7. The van der Waals surface area contributed by atoms with E-state index in [1.165, 1.54) is 10.5 Å². The van der Waals surface area contributed by atoms with Crippen LogP contribution in [0.25, 0.3) is 0 Å². The van der Waals surface area contributed by atoms with E-state index in [9.17, 15) is 13.2 Å². The maximum Gasteiger partial charge on any atom is 0.272 e. The summed E-state index contributed by atoms with van der Waals surface area (Å²) in [6.07, 6.45) is 1.78. The van der Waals surface area contributed by atoms with Gasteiger partial charge in [-0.15, -0.1) is 0 Å². The maximum absolute atomic E-state index is 12.6. The first-order valence-electron chi connectivity index (χ1n) is 7.42. The van der Waals surface area contributed by atoms with Crippen molar-refractivity contribution in [2.75, 3.05) is 26.2 Å². The van der Waals surface area contributed by atoms with E-state index in [0.717, 1.165) is 0 Å². The normalized spacial score (nSPS) is 36.5. The van der Waals surface area contributed by atoms with Crippen LogP contribution in [0.5, 0.6) is 0 Å². The average Bonchev–Trinajstić information content (AvgIpc) is 3.14. The number of aromatic amines is 1. The lowest BCUT2D eigenvalue weighted by Gasteiger charge is -2.39. The van der Waals surface area contributed by atoms with Crippen molar-refractivity contribution in [2.24, 2.45) is 0 Å². The molecule has 3 aliphatic rings. The highest BCUT2D eigenvalue weighted by Crippen LogP contribution is 2.46. The molecule has 1 spiro atoms. The van der Waals surface area contributed by atoms with Gasteiger partial charge in [0.05, 0.1) is 12.6 Å². The molecule has 0 aliphatic carbocycles. The van der Waals surface area contributed by atoms with Crippen molar-refractivity contribution in [2.45, 2.75) is 30.3 Å². The van der Waals surface area contributed by atoms with Crippen LogP contribution in [-0.2, 0) is 14.8 Å². The Morgan fingerprint density at radius 1 is 1.55 bits per heavy atom. The van der Waals surface area contributed by atoms with E-state index in [0.29, 0.717) is 38.3 Å². The Morgan fingerprint density at radius 2 is 2.36 bits per heavy atom. The molecule has 22 heavy (non-hydrogen) atoms. The van der Waals surface area contributed by atoms with Gasteiger partial charge in [-0.05, 0) is 12.5 Å². The van der Waals surface area contributed by atoms with Crippen LogP contribution in [0.15, 0.2) is 12.3 Å². The maximum atomic E-state index is 12.6. The summed E-state index contributed by atoms with van der Waals surface area (Å²) in [5, 5.41) is 5.93. The number of H-pyrrole nitrogens is 1. The van der Waals surface area contributed by atoms with E-state index in [2.05, 4.69) is 10.2 Å². The van der Waals surface area contributed by atoms with Gasteiger partial charge in [0, 0.05) is 25.8 Å². The lowest BCUT2D eigenvalue weighted by atomic mass is 9.99. The molecule has 0 unspecified atom stereocenters. The molecule has 120 valence electrons. The Hall–Kier alpha value is -1.45. The van der Waals surface area contributed by atoms with Crippen LogP contribution in [0.4, 0.5) is 0 Å². The fraction of sp³-hybridized carbons (Fsp3) is 0.692. The van der Waals surface area contributed by atoms with Gasteiger partial charge in [-0.3, -0.25) is 9.89 Å². The molecular formula is C13H18N4O4S. The molecule has 1 aromatic rings. The minimum absolute atomic E-state index is 0.154. The molecule has 2 bridgehead atoms. The van der Waals surface area contributed by atoms with Crippen molar-refractivity contribution < 1.29 is 17.9 Å². The summed E-state index contributed by atoms with van der Waals surface area (Å²) in [5.74, 6) is -0.154. The van der Waals surface area contributed by atoms with Crippen LogP contribution in [0.2, 0.25) is 0 Å². The van der Waals surface area contributed by atoms with Gasteiger partial charge < -0.3 is 9.64 Å². The molecular weight excluding hydrogens is 308 g/mol. The van der Waals surface area contributed by atoms with Crippen molar-refractivity contribution in [3.8, 4) is 0 Å². The first-order valence-corrected chi connectivity index (χ1v) is 8.92. The molecule has 1 N–H and O–H groups in total. The van der Waals surface area contributed by atoms with Crippen LogP contribution < -0.4 is 0 Å². The van der Waals surface area contributed by atoms with Crippen LogP contribution in [0, 0.1) is 0 Å². The Morgan fingerprint density at radius 3 is 3.05 bits per heavy atom. The second-order valence-corrected chi connectivity index (χ2v) is 8.27. The minimum atomic E-state index is -3.33. The second-order valence-electron chi connectivity index (χ2n) is 6.16. The molecule has 4 heterocycles. The summed E-state index contributed by atoms with van der Waals surface area (Å²) in [4.78, 5) is 14.2. The summed E-state index contributed by atoms with van der Waals surface area (Å²) in [6, 6.07) is 1.62. The third-order valence-corrected chi connectivity index (χ3v) is 7.33. The number of hydrogen-bond acceptors (Lipinski definition) is 5. The zero-order valence-electron chi connectivity index (χ0n) is 12.2. The lowest BCUT2D eigenvalue weighted by Crippen LogP contribution is -2.56. The largest absolute Gasteiger partial charge is 0.365 e. The number of nitrogens with one attached hydrogen (secondary N) is 1. The Bertz CT molecular complexity index is 704. The predicted molar refractivity (Wildman–Crippen MR) is 76.7 cm³/mol. The quantitative estimate of drug-likeness (QED) is 0.785. The molecule has 0 aromatic carbocycles. The minimum Gasteiger partial charge on any atom is -0.365 e. The van der Waals surface area contributed by atoms with Crippen LogP contribution in [-0.4, -0.2) is 76.9 Å². The molecule has 0 saturated carbocycles. The van der Waals surface area contributed by atoms with Gasteiger partial charge in [0.15, 0.2) is 0 Å². The number of nitrogens with zero attached hydrogens (tertiary/aromatic N) is 3.